The number of hydrazine groups is 1. The van der Waals surface area contributed by atoms with Crippen molar-refractivity contribution in [2.75, 3.05) is 11.9 Å². The van der Waals surface area contributed by atoms with Gasteiger partial charge in [-0.2, -0.15) is 13.2 Å². The van der Waals surface area contributed by atoms with Crippen LogP contribution in [0.3, 0.4) is 0 Å². The molecule has 2 amide bonds. The normalized spacial score (nSPS) is 11.3. The van der Waals surface area contributed by atoms with Crippen LogP contribution in [0, 0.1) is 5.41 Å². The fourth-order valence-corrected chi connectivity index (χ4v) is 3.47. The zero-order chi connectivity index (χ0) is 32.9. The Bertz CT molecular complexity index is 1420. The van der Waals surface area contributed by atoms with Gasteiger partial charge in [-0.25, -0.2) is 4.79 Å². The average molecular weight is 619 g/mol. The summed E-state index contributed by atoms with van der Waals surface area (Å²) in [5, 5.41) is 17.9. The number of nitrogens with zero attached hydrogens (tertiary/aromatic N) is 1. The molecule has 0 bridgehead atoms. The van der Waals surface area contributed by atoms with Crippen LogP contribution in [0.15, 0.2) is 67.0 Å². The highest BCUT2D eigenvalue weighted by molar-refractivity contribution is 5.95. The Morgan fingerprint density at radius 3 is 2.23 bits per heavy atom. The Kier molecular flexibility index (Phi) is 12.9. The second kappa shape index (κ2) is 16.3. The van der Waals surface area contributed by atoms with Gasteiger partial charge in [0, 0.05) is 23.6 Å². The van der Waals surface area contributed by atoms with Gasteiger partial charge in [-0.3, -0.25) is 30.8 Å². The van der Waals surface area contributed by atoms with Crippen LogP contribution in [0.25, 0.3) is 0 Å². The number of rotatable bonds is 11. The van der Waals surface area contributed by atoms with Gasteiger partial charge in [0.15, 0.2) is 11.5 Å². The summed E-state index contributed by atoms with van der Waals surface area (Å²) in [6.45, 7) is 6.11. The van der Waals surface area contributed by atoms with Crippen molar-refractivity contribution in [2.45, 2.75) is 45.5 Å². The van der Waals surface area contributed by atoms with Gasteiger partial charge >= 0.3 is 12.1 Å². The molecule has 1 aromatic heterocycles. The van der Waals surface area contributed by atoms with Crippen molar-refractivity contribution in [1.29, 1.82) is 5.41 Å². The number of anilines is 1. The number of aromatic nitrogens is 1. The summed E-state index contributed by atoms with van der Waals surface area (Å²) in [7, 11) is 0. The van der Waals surface area contributed by atoms with E-state index in [-0.39, 0.29) is 24.3 Å². The van der Waals surface area contributed by atoms with E-state index in [2.05, 4.69) is 21.2 Å². The van der Waals surface area contributed by atoms with Gasteiger partial charge in [0.25, 0.3) is 5.91 Å². The number of amides is 2. The molecule has 0 saturated carbocycles. The van der Waals surface area contributed by atoms with Crippen molar-refractivity contribution in [2.24, 2.45) is 5.73 Å². The summed E-state index contributed by atoms with van der Waals surface area (Å²) < 4.78 is 43.3. The number of ether oxygens (including phenoxy) is 2. The van der Waals surface area contributed by atoms with Gasteiger partial charge in [0.05, 0.1) is 19.1 Å². The summed E-state index contributed by atoms with van der Waals surface area (Å²) in [6.07, 6.45) is -1.87. The molecule has 2 aromatic carbocycles. The molecule has 7 N–H and O–H groups in total. The van der Waals surface area contributed by atoms with Crippen LogP contribution in [-0.4, -0.2) is 52.6 Å². The Balaban J connectivity index is 0.000000860. The number of carbonyl (C=O) groups excluding carboxylic acids is 2. The minimum absolute atomic E-state index is 0.0562. The first-order valence-electron chi connectivity index (χ1n) is 13.1. The summed E-state index contributed by atoms with van der Waals surface area (Å²) in [4.78, 5) is 38.6. The molecule has 0 radical (unpaired) electrons. The van der Waals surface area contributed by atoms with Crippen molar-refractivity contribution in [1.82, 2.24) is 15.8 Å². The molecular weight excluding hydrogens is 585 g/mol. The summed E-state index contributed by atoms with van der Waals surface area (Å²) >= 11 is 0. The van der Waals surface area contributed by atoms with E-state index in [0.29, 0.717) is 34.9 Å². The smallest absolute Gasteiger partial charge is 0.490 e. The molecule has 3 rings (SSSR count). The molecular formula is C29H33F3N6O6. The summed E-state index contributed by atoms with van der Waals surface area (Å²) in [5.74, 6) is -2.63. The number of aliphatic carboxylic acids is 1. The van der Waals surface area contributed by atoms with Crippen molar-refractivity contribution in [3.8, 4) is 11.5 Å². The number of benzene rings is 2. The highest BCUT2D eigenvalue weighted by Crippen LogP contribution is 2.33. The number of amidine groups is 1. The monoisotopic (exact) mass is 618 g/mol. The van der Waals surface area contributed by atoms with E-state index in [4.69, 9.17) is 30.5 Å². The van der Waals surface area contributed by atoms with Crippen LogP contribution in [0.2, 0.25) is 0 Å². The molecule has 3 aromatic rings. The molecule has 1 atom stereocenters. The maximum absolute atomic E-state index is 13.3. The van der Waals surface area contributed by atoms with Gasteiger partial charge < -0.3 is 25.6 Å². The zero-order valence-electron chi connectivity index (χ0n) is 24.1. The first-order chi connectivity index (χ1) is 20.7. The topological polar surface area (TPSA) is 189 Å². The van der Waals surface area contributed by atoms with Gasteiger partial charge in [-0.05, 0) is 74.4 Å². The van der Waals surface area contributed by atoms with Crippen LogP contribution >= 0.6 is 0 Å². The van der Waals surface area contributed by atoms with Gasteiger partial charge in [-0.15, -0.1) is 0 Å². The Labute approximate surface area is 251 Å². The lowest BCUT2D eigenvalue weighted by Crippen LogP contribution is -2.46. The standard InChI is InChI=1S/C27H32N6O4.C2HF3O2/c1-4-36-23-15-20(9-12-22(23)37-17(2)3)25(31-21-10-7-19(8-11-21)26(28)29)27(35)33-32-24(34)14-18-6-5-13-30-16-18;3-2(4,5)1(6)7/h5-13,15-17,25,31H,4,14H2,1-3H3,(H3,28,29)(H,32,34)(H,33,35);(H,6,7). The molecule has 0 saturated heterocycles. The number of nitrogen functional groups attached to an aromatic ring is 1. The zero-order valence-corrected chi connectivity index (χ0v) is 24.1. The molecule has 0 aliphatic carbocycles. The highest BCUT2D eigenvalue weighted by Gasteiger charge is 2.38. The minimum Gasteiger partial charge on any atom is -0.490 e. The number of pyridine rings is 1. The second-order valence-corrected chi connectivity index (χ2v) is 9.25. The van der Waals surface area contributed by atoms with Gasteiger partial charge in [-0.1, -0.05) is 12.1 Å². The average Bonchev–Trinajstić information content (AvgIpc) is 2.96. The van der Waals surface area contributed by atoms with Crippen LogP contribution in [0.5, 0.6) is 11.5 Å². The number of nitrogens with one attached hydrogen (secondary N) is 4. The summed E-state index contributed by atoms with van der Waals surface area (Å²) in [5.41, 5.74) is 13.0. The molecule has 0 fully saturated rings. The maximum atomic E-state index is 13.3. The van der Waals surface area contributed by atoms with Crippen molar-refractivity contribution < 1.29 is 42.1 Å². The predicted molar refractivity (Wildman–Crippen MR) is 155 cm³/mol. The van der Waals surface area contributed by atoms with Crippen LogP contribution in [0.1, 0.15) is 43.5 Å². The number of hydrogen-bond acceptors (Lipinski definition) is 8. The lowest BCUT2D eigenvalue weighted by molar-refractivity contribution is -0.192. The number of halogens is 3. The molecule has 236 valence electrons. The Hall–Kier alpha value is -5.34. The summed E-state index contributed by atoms with van der Waals surface area (Å²) in [6, 6.07) is 14.7. The number of nitrogens with two attached hydrogens (primary N) is 1. The molecule has 0 aliphatic heterocycles. The fraction of sp³-hybridized carbons (Fsp3) is 0.276. The third kappa shape index (κ3) is 11.5. The third-order valence-corrected chi connectivity index (χ3v) is 5.39. The van der Waals surface area contributed by atoms with E-state index in [1.54, 1.807) is 67.0 Å². The van der Waals surface area contributed by atoms with Crippen molar-refractivity contribution in [3.63, 3.8) is 0 Å². The maximum Gasteiger partial charge on any atom is 0.490 e. The van der Waals surface area contributed by atoms with E-state index in [9.17, 15) is 22.8 Å². The SMILES string of the molecule is CCOc1cc(C(Nc2ccc(C(=N)N)cc2)C(=O)NNC(=O)Cc2cccnc2)ccc1OC(C)C.O=C(O)C(F)(F)F. The Morgan fingerprint density at radius 1 is 1.05 bits per heavy atom. The molecule has 1 heterocycles. The first-order valence-corrected chi connectivity index (χ1v) is 13.1. The van der Waals surface area contributed by atoms with E-state index in [1.807, 2.05) is 20.8 Å². The van der Waals surface area contributed by atoms with Crippen LogP contribution < -0.4 is 31.4 Å². The van der Waals surface area contributed by atoms with Gasteiger partial charge in [0.2, 0.25) is 5.91 Å². The lowest BCUT2D eigenvalue weighted by Gasteiger charge is -2.22. The highest BCUT2D eigenvalue weighted by atomic mass is 19.4. The predicted octanol–water partition coefficient (Wildman–Crippen LogP) is 3.73. The number of carboxylic acid groups (broad SMARTS) is 1. The first kappa shape index (κ1) is 34.9. The molecule has 0 spiro atoms. The van der Waals surface area contributed by atoms with Crippen LogP contribution in [-0.2, 0) is 20.8 Å². The number of alkyl halides is 3. The van der Waals surface area contributed by atoms with E-state index in [0.717, 1.165) is 5.56 Å². The lowest BCUT2D eigenvalue weighted by atomic mass is 10.0. The van der Waals surface area contributed by atoms with Crippen molar-refractivity contribution in [3.05, 3.63) is 83.7 Å². The number of carbonyl (C=O) groups is 3. The van der Waals surface area contributed by atoms with E-state index in [1.165, 1.54) is 0 Å². The number of hydrogen-bond donors (Lipinski definition) is 6. The minimum atomic E-state index is -5.08. The molecule has 15 heteroatoms. The van der Waals surface area contributed by atoms with Gasteiger partial charge in [0.1, 0.15) is 11.9 Å². The second-order valence-electron chi connectivity index (χ2n) is 9.25. The molecule has 12 nitrogen and oxygen atoms in total. The third-order valence-electron chi connectivity index (χ3n) is 5.39. The quantitative estimate of drug-likeness (QED) is 0.106. The molecule has 44 heavy (non-hydrogen) atoms. The largest absolute Gasteiger partial charge is 0.490 e. The van der Waals surface area contributed by atoms with Crippen molar-refractivity contribution >= 4 is 29.3 Å². The molecule has 1 unspecified atom stereocenters. The fourth-order valence-electron chi connectivity index (χ4n) is 3.47. The Morgan fingerprint density at radius 2 is 1.70 bits per heavy atom. The van der Waals surface area contributed by atoms with E-state index >= 15 is 0 Å². The molecule has 0 aliphatic rings. The van der Waals surface area contributed by atoms with E-state index < -0.39 is 24.1 Å². The van der Waals surface area contributed by atoms with Crippen LogP contribution in [0.4, 0.5) is 18.9 Å². The number of carboxylic acids is 1.